The number of nitrogens with zero attached hydrogens (tertiary/aromatic N) is 3. The Balaban J connectivity index is 0.000000271. The molecule has 1 aliphatic rings. The number of halogens is 1. The number of hydroxylamine groups is 2. The van der Waals surface area contributed by atoms with Gasteiger partial charge in [-0.25, -0.2) is 26.9 Å². The second-order valence-corrected chi connectivity index (χ2v) is 14.1. The Morgan fingerprint density at radius 2 is 1.60 bits per heavy atom. The van der Waals surface area contributed by atoms with Crippen LogP contribution in [0, 0.1) is 0 Å². The van der Waals surface area contributed by atoms with Crippen LogP contribution in [-0.4, -0.2) is 62.1 Å². The van der Waals surface area contributed by atoms with Crippen molar-refractivity contribution in [2.75, 3.05) is 25.1 Å². The van der Waals surface area contributed by atoms with Crippen molar-refractivity contribution in [1.82, 2.24) is 5.06 Å². The molecule has 8 nitrogen and oxygen atoms in total. The molecule has 0 spiro atoms. The second kappa shape index (κ2) is 11.6. The van der Waals surface area contributed by atoms with Crippen molar-refractivity contribution in [3.63, 3.8) is 0 Å². The van der Waals surface area contributed by atoms with Crippen LogP contribution in [0.25, 0.3) is 5.70 Å². The van der Waals surface area contributed by atoms with Gasteiger partial charge in [0.05, 0.1) is 11.1 Å². The monoisotopic (exact) mass is 541 g/mol. The molecule has 1 N–H and O–H groups in total. The van der Waals surface area contributed by atoms with Gasteiger partial charge in [-0.05, 0) is 31.5 Å². The zero-order chi connectivity index (χ0) is 26.4. The van der Waals surface area contributed by atoms with E-state index in [-0.39, 0.29) is 24.5 Å². The fraction of sp³-hybridized carbons (Fsp3) is 0.417. The van der Waals surface area contributed by atoms with Crippen molar-refractivity contribution >= 4 is 42.8 Å². The summed E-state index contributed by atoms with van der Waals surface area (Å²) in [5, 5.41) is 13.8. The number of hydrogen-bond acceptors (Lipinski definition) is 7. The SMILES string of the molecule is CCC(C)(S(=O)(=O)CC)S(=O)(=O)CC.CN=C1CN(O)C(c2ccccc2)=c2cc(Cl)ccc2=N1. The molecule has 0 aromatic heterocycles. The molecule has 1 aliphatic heterocycles. The number of sulfone groups is 2. The number of fused-ring (bicyclic) bond motifs is 1. The van der Waals surface area contributed by atoms with E-state index >= 15 is 0 Å². The first-order valence-electron chi connectivity index (χ1n) is 11.2. The molecule has 0 bridgehead atoms. The first-order valence-corrected chi connectivity index (χ1v) is 14.9. The smallest absolute Gasteiger partial charge is 0.170 e. The highest BCUT2D eigenvalue weighted by atomic mass is 35.5. The van der Waals surface area contributed by atoms with Gasteiger partial charge in [0.15, 0.2) is 23.8 Å². The zero-order valence-electron chi connectivity index (χ0n) is 20.6. The molecule has 0 saturated carbocycles. The third-order valence-corrected chi connectivity index (χ3v) is 12.5. The van der Waals surface area contributed by atoms with Crippen LogP contribution in [-0.2, 0) is 19.7 Å². The summed E-state index contributed by atoms with van der Waals surface area (Å²) in [4.78, 5) is 8.60. The van der Waals surface area contributed by atoms with Crippen molar-refractivity contribution in [1.29, 1.82) is 0 Å². The van der Waals surface area contributed by atoms with Gasteiger partial charge in [0, 0.05) is 34.4 Å². The predicted octanol–water partition coefficient (Wildman–Crippen LogP) is 2.83. The Kier molecular flexibility index (Phi) is 9.63. The van der Waals surface area contributed by atoms with E-state index in [9.17, 15) is 22.0 Å². The number of benzene rings is 2. The minimum atomic E-state index is -3.57. The van der Waals surface area contributed by atoms with Crippen molar-refractivity contribution in [2.24, 2.45) is 9.98 Å². The van der Waals surface area contributed by atoms with Crippen LogP contribution >= 0.6 is 11.6 Å². The summed E-state index contributed by atoms with van der Waals surface area (Å²) in [5.74, 6) is 0.277. The van der Waals surface area contributed by atoms with Gasteiger partial charge in [-0.3, -0.25) is 10.2 Å². The molecule has 0 aliphatic carbocycles. The van der Waals surface area contributed by atoms with Gasteiger partial charge >= 0.3 is 0 Å². The maximum atomic E-state index is 11.7. The number of hydrogen-bond donors (Lipinski definition) is 1. The van der Waals surface area contributed by atoms with E-state index in [1.54, 1.807) is 20.0 Å². The summed E-state index contributed by atoms with van der Waals surface area (Å²) in [6.45, 7) is 6.04. The standard InChI is InChI=1S/C16H14ClN3O.C8H18O4S2/c1-18-15-10-20(21)16(11-5-3-2-4-6-11)13-9-12(17)7-8-14(13)19-15;1-5-8(4,13(9,10)6-2)14(11,12)7-3/h2-9,21H,10H2,1H3;5-7H2,1-4H3. The Morgan fingerprint density at radius 3 is 2.09 bits per heavy atom. The highest BCUT2D eigenvalue weighted by Crippen LogP contribution is 2.29. The average molecular weight is 542 g/mol. The van der Waals surface area contributed by atoms with Gasteiger partial charge in [0.1, 0.15) is 12.4 Å². The molecule has 3 rings (SSSR count). The summed E-state index contributed by atoms with van der Waals surface area (Å²) < 4.78 is 45.1. The maximum absolute atomic E-state index is 11.7. The Morgan fingerprint density at radius 1 is 1.03 bits per heavy atom. The van der Waals surface area contributed by atoms with Crippen molar-refractivity contribution in [3.05, 3.63) is 69.7 Å². The molecule has 2 aromatic rings. The number of rotatable bonds is 6. The minimum Gasteiger partial charge on any atom is -0.288 e. The normalized spacial score (nSPS) is 15.6. The van der Waals surface area contributed by atoms with E-state index in [2.05, 4.69) is 9.98 Å². The van der Waals surface area contributed by atoms with Crippen LogP contribution in [0.2, 0.25) is 5.02 Å². The Hall–Kier alpha value is -2.27. The minimum absolute atomic E-state index is 0.0966. The van der Waals surface area contributed by atoms with Crippen LogP contribution in [0.15, 0.2) is 58.5 Å². The van der Waals surface area contributed by atoms with Crippen LogP contribution in [0.4, 0.5) is 0 Å². The third-order valence-electron chi connectivity index (χ3n) is 6.04. The quantitative estimate of drug-likeness (QED) is 0.601. The molecule has 0 unspecified atom stereocenters. The fourth-order valence-electron chi connectivity index (χ4n) is 3.59. The fourth-order valence-corrected chi connectivity index (χ4v) is 8.11. The summed E-state index contributed by atoms with van der Waals surface area (Å²) in [5.41, 5.74) is 1.58. The predicted molar refractivity (Wildman–Crippen MR) is 141 cm³/mol. The molecule has 11 heteroatoms. The van der Waals surface area contributed by atoms with Gasteiger partial charge in [-0.2, -0.15) is 0 Å². The van der Waals surface area contributed by atoms with Gasteiger partial charge in [0.2, 0.25) is 0 Å². The van der Waals surface area contributed by atoms with E-state index in [1.807, 2.05) is 42.5 Å². The molecule has 2 aromatic carbocycles. The van der Waals surface area contributed by atoms with Gasteiger partial charge in [-0.1, -0.05) is 62.7 Å². The molecule has 0 radical (unpaired) electrons. The molecule has 1 heterocycles. The highest BCUT2D eigenvalue weighted by molar-refractivity contribution is 8.10. The Bertz CT molecular complexity index is 1370. The molecular weight excluding hydrogens is 510 g/mol. The lowest BCUT2D eigenvalue weighted by molar-refractivity contribution is -0.0119. The van der Waals surface area contributed by atoms with E-state index in [0.717, 1.165) is 16.1 Å². The topological polar surface area (TPSA) is 116 Å². The lowest BCUT2D eigenvalue weighted by atomic mass is 10.1. The first kappa shape index (κ1) is 29.0. The third kappa shape index (κ3) is 6.11. The summed E-state index contributed by atoms with van der Waals surface area (Å²) in [7, 11) is -5.47. The maximum Gasteiger partial charge on any atom is 0.170 e. The molecular formula is C24H32ClN3O5S2. The van der Waals surface area contributed by atoms with Gasteiger partial charge < -0.3 is 0 Å². The highest BCUT2D eigenvalue weighted by Gasteiger charge is 2.47. The lowest BCUT2D eigenvalue weighted by Crippen LogP contribution is -2.44. The van der Waals surface area contributed by atoms with E-state index in [1.165, 1.54) is 25.8 Å². The second-order valence-electron chi connectivity index (χ2n) is 7.98. The lowest BCUT2D eigenvalue weighted by Gasteiger charge is -2.26. The molecule has 0 fully saturated rings. The van der Waals surface area contributed by atoms with Crippen LogP contribution in [0.5, 0.6) is 0 Å². The van der Waals surface area contributed by atoms with E-state index in [0.29, 0.717) is 16.6 Å². The summed E-state index contributed by atoms with van der Waals surface area (Å²) in [6, 6.07) is 15.1. The van der Waals surface area contributed by atoms with Crippen molar-refractivity contribution in [3.8, 4) is 0 Å². The van der Waals surface area contributed by atoms with Crippen LogP contribution in [0.1, 0.15) is 39.7 Å². The van der Waals surface area contributed by atoms with E-state index in [4.69, 9.17) is 11.6 Å². The average Bonchev–Trinajstić information content (AvgIpc) is 2.99. The van der Waals surface area contributed by atoms with Crippen molar-refractivity contribution in [2.45, 2.75) is 38.2 Å². The molecule has 0 saturated heterocycles. The first-order chi connectivity index (χ1) is 16.4. The number of amidine groups is 1. The molecule has 0 atom stereocenters. The summed E-state index contributed by atoms with van der Waals surface area (Å²) >= 11 is 6.12. The van der Waals surface area contributed by atoms with Crippen molar-refractivity contribution < 1.29 is 22.0 Å². The summed E-state index contributed by atoms with van der Waals surface area (Å²) in [6.07, 6.45) is 0.0966. The van der Waals surface area contributed by atoms with Gasteiger partial charge in [0.25, 0.3) is 0 Å². The van der Waals surface area contributed by atoms with Crippen LogP contribution in [0.3, 0.4) is 0 Å². The Labute approximate surface area is 212 Å². The molecule has 35 heavy (non-hydrogen) atoms. The largest absolute Gasteiger partial charge is 0.288 e. The molecule has 0 amide bonds. The zero-order valence-corrected chi connectivity index (χ0v) is 23.0. The van der Waals surface area contributed by atoms with Crippen LogP contribution < -0.4 is 10.6 Å². The van der Waals surface area contributed by atoms with Gasteiger partial charge in [-0.15, -0.1) is 0 Å². The van der Waals surface area contributed by atoms with E-state index < -0.39 is 23.8 Å². The molecule has 192 valence electrons. The number of aliphatic imine (C=N–C) groups is 1.